The number of rotatable bonds is 7. The average Bonchev–Trinajstić information content (AvgIpc) is 3.51. The van der Waals surface area contributed by atoms with Gasteiger partial charge in [-0.1, -0.05) is 6.07 Å². The molecule has 5 rings (SSSR count). The van der Waals surface area contributed by atoms with Gasteiger partial charge in [-0.15, -0.1) is 0 Å². The predicted octanol–water partition coefficient (Wildman–Crippen LogP) is 4.12. The van der Waals surface area contributed by atoms with E-state index < -0.39 is 10.0 Å². The van der Waals surface area contributed by atoms with Crippen LogP contribution in [-0.4, -0.2) is 38.5 Å². The Hall–Kier alpha value is -3.04. The zero-order valence-corrected chi connectivity index (χ0v) is 18.8. The van der Waals surface area contributed by atoms with Crippen molar-refractivity contribution in [1.29, 1.82) is 0 Å². The highest BCUT2D eigenvalue weighted by Crippen LogP contribution is 2.33. The number of carbonyl (C=O) groups is 1. The van der Waals surface area contributed by atoms with Crippen LogP contribution >= 0.6 is 11.3 Å². The van der Waals surface area contributed by atoms with E-state index in [1.54, 1.807) is 41.7 Å². The van der Waals surface area contributed by atoms with E-state index in [2.05, 4.69) is 4.72 Å². The van der Waals surface area contributed by atoms with E-state index in [1.807, 2.05) is 21.7 Å². The standard InChI is InChI=1S/C23H22N2O5S2/c26-23(25(19-4-5-19)14-16-8-11-31-15-16)17-2-1-3-18(12-17)24-32(27,28)20-6-7-21-22(13-20)30-10-9-29-21/h1-3,6-8,11-13,15,19,24H,4-5,9-10,14H2. The first-order valence-electron chi connectivity index (χ1n) is 10.3. The van der Waals surface area contributed by atoms with E-state index in [0.717, 1.165) is 18.4 Å². The van der Waals surface area contributed by atoms with Gasteiger partial charge in [0.05, 0.1) is 4.90 Å². The smallest absolute Gasteiger partial charge is 0.262 e. The van der Waals surface area contributed by atoms with Crippen molar-refractivity contribution >= 4 is 33.0 Å². The number of carbonyl (C=O) groups excluding carboxylic acids is 1. The monoisotopic (exact) mass is 470 g/mol. The quantitative estimate of drug-likeness (QED) is 0.561. The number of fused-ring (bicyclic) bond motifs is 1. The van der Waals surface area contributed by atoms with Crippen LogP contribution in [0.1, 0.15) is 28.8 Å². The van der Waals surface area contributed by atoms with Crippen molar-refractivity contribution in [3.63, 3.8) is 0 Å². The second-order valence-electron chi connectivity index (χ2n) is 7.79. The molecule has 7 nitrogen and oxygen atoms in total. The molecule has 2 heterocycles. The van der Waals surface area contributed by atoms with Gasteiger partial charge in [0.15, 0.2) is 11.5 Å². The number of hydrogen-bond acceptors (Lipinski definition) is 6. The third kappa shape index (κ3) is 4.44. The van der Waals surface area contributed by atoms with Crippen molar-refractivity contribution in [2.24, 2.45) is 0 Å². The lowest BCUT2D eigenvalue weighted by Crippen LogP contribution is -2.32. The predicted molar refractivity (Wildman–Crippen MR) is 122 cm³/mol. The van der Waals surface area contributed by atoms with Crippen LogP contribution in [0.15, 0.2) is 64.2 Å². The maximum atomic E-state index is 13.2. The Morgan fingerprint density at radius 1 is 1.06 bits per heavy atom. The third-order valence-corrected chi connectivity index (χ3v) is 7.48. The fraction of sp³-hybridized carbons (Fsp3) is 0.261. The summed E-state index contributed by atoms with van der Waals surface area (Å²) >= 11 is 1.60. The van der Waals surface area contributed by atoms with E-state index in [0.29, 0.717) is 42.5 Å². The second-order valence-corrected chi connectivity index (χ2v) is 10.3. The Bertz CT molecular complexity index is 1240. The van der Waals surface area contributed by atoms with Crippen molar-refractivity contribution in [2.75, 3.05) is 17.9 Å². The summed E-state index contributed by atoms with van der Waals surface area (Å²) in [5.74, 6) is 0.823. The molecule has 0 bridgehead atoms. The van der Waals surface area contributed by atoms with Gasteiger partial charge in [-0.25, -0.2) is 8.42 Å². The first-order chi connectivity index (χ1) is 15.5. The molecule has 0 saturated heterocycles. The van der Waals surface area contributed by atoms with Gasteiger partial charge in [0, 0.05) is 29.9 Å². The summed E-state index contributed by atoms with van der Waals surface area (Å²) in [6.07, 6.45) is 1.98. The molecule has 1 fully saturated rings. The lowest BCUT2D eigenvalue weighted by molar-refractivity contribution is 0.0730. The van der Waals surface area contributed by atoms with Crippen LogP contribution in [0.4, 0.5) is 5.69 Å². The van der Waals surface area contributed by atoms with Crippen molar-refractivity contribution in [3.8, 4) is 11.5 Å². The zero-order valence-electron chi connectivity index (χ0n) is 17.2. The Balaban J connectivity index is 1.36. The van der Waals surface area contributed by atoms with Crippen LogP contribution in [0.2, 0.25) is 0 Å². The number of nitrogens with one attached hydrogen (secondary N) is 1. The average molecular weight is 471 g/mol. The number of anilines is 1. The van der Waals surface area contributed by atoms with Crippen molar-refractivity contribution in [1.82, 2.24) is 4.90 Å². The van der Waals surface area contributed by atoms with Crippen molar-refractivity contribution < 1.29 is 22.7 Å². The molecule has 0 atom stereocenters. The highest BCUT2D eigenvalue weighted by molar-refractivity contribution is 7.92. The Kier molecular flexibility index (Phi) is 5.52. The SMILES string of the molecule is O=C(c1cccc(NS(=O)(=O)c2ccc3c(c2)OCCO3)c1)N(Cc1ccsc1)C1CC1. The molecule has 1 amide bonds. The Labute approximate surface area is 190 Å². The molecule has 1 aliphatic heterocycles. The largest absolute Gasteiger partial charge is 0.486 e. The molecule has 0 spiro atoms. The molecular weight excluding hydrogens is 448 g/mol. The minimum atomic E-state index is -3.86. The maximum Gasteiger partial charge on any atom is 0.262 e. The molecule has 1 aromatic heterocycles. The number of hydrogen-bond donors (Lipinski definition) is 1. The Morgan fingerprint density at radius 2 is 1.88 bits per heavy atom. The summed E-state index contributed by atoms with van der Waals surface area (Å²) in [6, 6.07) is 13.4. The number of thiophene rings is 1. The van der Waals surface area contributed by atoms with Gasteiger partial charge >= 0.3 is 0 Å². The number of ether oxygens (including phenoxy) is 2. The summed E-state index contributed by atoms with van der Waals surface area (Å²) in [5, 5.41) is 4.04. The highest BCUT2D eigenvalue weighted by Gasteiger charge is 2.33. The van der Waals surface area contributed by atoms with Gasteiger partial charge in [-0.3, -0.25) is 9.52 Å². The van der Waals surface area contributed by atoms with Crippen molar-refractivity contribution in [2.45, 2.75) is 30.3 Å². The second kappa shape index (κ2) is 8.48. The summed E-state index contributed by atoms with van der Waals surface area (Å²) in [7, 11) is -3.86. The lowest BCUT2D eigenvalue weighted by atomic mass is 10.1. The van der Waals surface area contributed by atoms with Crippen LogP contribution in [0.25, 0.3) is 0 Å². The first kappa shape index (κ1) is 20.8. The van der Waals surface area contributed by atoms with Crippen molar-refractivity contribution in [3.05, 3.63) is 70.4 Å². The number of nitrogens with zero attached hydrogens (tertiary/aromatic N) is 1. The fourth-order valence-electron chi connectivity index (χ4n) is 3.62. The van der Waals surface area contributed by atoms with Crippen LogP contribution in [0, 0.1) is 0 Å². The Morgan fingerprint density at radius 3 is 2.62 bits per heavy atom. The molecule has 166 valence electrons. The van der Waals surface area contributed by atoms with Crippen LogP contribution in [0.5, 0.6) is 11.5 Å². The minimum absolute atomic E-state index is 0.0653. The topological polar surface area (TPSA) is 84.9 Å². The third-order valence-electron chi connectivity index (χ3n) is 5.37. The normalized spacial score (nSPS) is 15.2. The van der Waals surface area contributed by atoms with E-state index in [9.17, 15) is 13.2 Å². The molecule has 1 N–H and O–H groups in total. The van der Waals surface area contributed by atoms with E-state index in [-0.39, 0.29) is 16.8 Å². The first-order valence-corrected chi connectivity index (χ1v) is 12.8. The molecule has 1 aliphatic carbocycles. The minimum Gasteiger partial charge on any atom is -0.486 e. The number of benzene rings is 2. The molecule has 1 saturated carbocycles. The fourth-order valence-corrected chi connectivity index (χ4v) is 5.34. The van der Waals surface area contributed by atoms with Gasteiger partial charge in [-0.2, -0.15) is 11.3 Å². The lowest BCUT2D eigenvalue weighted by Gasteiger charge is -2.22. The summed E-state index contributed by atoms with van der Waals surface area (Å²) in [5.41, 5.74) is 1.89. The number of sulfonamides is 1. The van der Waals surface area contributed by atoms with Gasteiger partial charge in [-0.05, 0) is 65.6 Å². The molecular formula is C23H22N2O5S2. The molecule has 0 radical (unpaired) electrons. The van der Waals surface area contributed by atoms with Crippen LogP contribution in [-0.2, 0) is 16.6 Å². The molecule has 9 heteroatoms. The van der Waals surface area contributed by atoms with Crippen LogP contribution < -0.4 is 14.2 Å². The maximum absolute atomic E-state index is 13.2. The summed E-state index contributed by atoms with van der Waals surface area (Å²) in [4.78, 5) is 15.2. The molecule has 0 unspecified atom stereocenters. The molecule has 32 heavy (non-hydrogen) atoms. The van der Waals surface area contributed by atoms with Gasteiger partial charge in [0.25, 0.3) is 15.9 Å². The molecule has 3 aromatic rings. The number of amides is 1. The van der Waals surface area contributed by atoms with Gasteiger partial charge in [0.1, 0.15) is 13.2 Å². The van der Waals surface area contributed by atoms with E-state index in [1.165, 1.54) is 12.1 Å². The highest BCUT2D eigenvalue weighted by atomic mass is 32.2. The van der Waals surface area contributed by atoms with E-state index >= 15 is 0 Å². The van der Waals surface area contributed by atoms with Gasteiger partial charge < -0.3 is 14.4 Å². The van der Waals surface area contributed by atoms with Gasteiger partial charge in [0.2, 0.25) is 0 Å². The summed E-state index contributed by atoms with van der Waals surface area (Å²) in [6.45, 7) is 1.36. The zero-order chi connectivity index (χ0) is 22.1. The summed E-state index contributed by atoms with van der Waals surface area (Å²) < 4.78 is 39.4. The van der Waals surface area contributed by atoms with E-state index in [4.69, 9.17) is 9.47 Å². The van der Waals surface area contributed by atoms with Crippen LogP contribution in [0.3, 0.4) is 0 Å². The molecule has 2 aliphatic rings. The molecule has 2 aromatic carbocycles.